The third-order valence-corrected chi connectivity index (χ3v) is 4.41. The number of hydrogen-bond donors (Lipinski definition) is 2. The van der Waals surface area contributed by atoms with Crippen LogP contribution >= 0.6 is 0 Å². The van der Waals surface area contributed by atoms with Crippen LogP contribution in [0.2, 0.25) is 0 Å². The van der Waals surface area contributed by atoms with Crippen LogP contribution in [0.3, 0.4) is 0 Å². The molecule has 8 heteroatoms. The summed E-state index contributed by atoms with van der Waals surface area (Å²) in [7, 11) is 1.83. The van der Waals surface area contributed by atoms with Crippen molar-refractivity contribution >= 4 is 11.7 Å². The maximum Gasteiger partial charge on any atom is 0.273 e. The van der Waals surface area contributed by atoms with E-state index in [1.54, 1.807) is 15.6 Å². The minimum absolute atomic E-state index is 0.274. The van der Waals surface area contributed by atoms with Gasteiger partial charge in [-0.15, -0.1) is 0 Å². The third-order valence-electron chi connectivity index (χ3n) is 4.41. The predicted molar refractivity (Wildman–Crippen MR) is 80.9 cm³/mol. The molecule has 3 heterocycles. The molecule has 4 rings (SSSR count). The summed E-state index contributed by atoms with van der Waals surface area (Å²) in [4.78, 5) is 14.0. The Bertz CT molecular complexity index is 720. The van der Waals surface area contributed by atoms with Crippen molar-refractivity contribution in [3.8, 4) is 0 Å². The van der Waals surface area contributed by atoms with Crippen molar-refractivity contribution in [2.24, 2.45) is 7.05 Å². The molecule has 2 aliphatic rings. The molecule has 8 nitrogen and oxygen atoms in total. The Morgan fingerprint density at radius 3 is 2.96 bits per heavy atom. The second-order valence-electron chi connectivity index (χ2n) is 6.21. The van der Waals surface area contributed by atoms with E-state index in [1.807, 2.05) is 19.3 Å². The van der Waals surface area contributed by atoms with Crippen molar-refractivity contribution in [1.29, 1.82) is 0 Å². The quantitative estimate of drug-likeness (QED) is 0.858. The van der Waals surface area contributed by atoms with Gasteiger partial charge in [-0.25, -0.2) is 0 Å². The van der Waals surface area contributed by atoms with Crippen molar-refractivity contribution in [2.45, 2.75) is 37.5 Å². The van der Waals surface area contributed by atoms with Crippen molar-refractivity contribution in [3.63, 3.8) is 0 Å². The van der Waals surface area contributed by atoms with Crippen molar-refractivity contribution < 1.29 is 14.4 Å². The Kier molecular flexibility index (Phi) is 3.33. The molecule has 2 atom stereocenters. The summed E-state index contributed by atoms with van der Waals surface area (Å²) in [6.07, 6.45) is 3.86. The lowest BCUT2D eigenvalue weighted by Crippen LogP contribution is -2.45. The molecule has 0 radical (unpaired) electrons. The van der Waals surface area contributed by atoms with Gasteiger partial charge in [0.1, 0.15) is 12.0 Å². The fraction of sp³-hybridized carbons (Fsp3) is 0.533. The molecule has 1 aliphatic heterocycles. The average Bonchev–Trinajstić information content (AvgIpc) is 2.94. The third kappa shape index (κ3) is 2.70. The lowest BCUT2D eigenvalue weighted by Gasteiger charge is -2.23. The van der Waals surface area contributed by atoms with E-state index in [1.165, 1.54) is 0 Å². The normalized spacial score (nSPS) is 24.2. The van der Waals surface area contributed by atoms with Gasteiger partial charge < -0.3 is 19.8 Å². The number of carbonyl (C=O) groups excluding carboxylic acids is 1. The Morgan fingerprint density at radius 2 is 2.26 bits per heavy atom. The first kappa shape index (κ1) is 14.3. The maximum atomic E-state index is 12.3. The lowest BCUT2D eigenvalue weighted by atomic mass is 10.2. The molecule has 2 unspecified atom stereocenters. The largest absolute Gasteiger partial charge is 0.371 e. The summed E-state index contributed by atoms with van der Waals surface area (Å²) in [5.74, 6) is 1.58. The minimum atomic E-state index is -0.802. The van der Waals surface area contributed by atoms with Gasteiger partial charge in [0.2, 0.25) is 0 Å². The molecular formula is C15H19N5O3. The molecule has 2 aromatic heterocycles. The highest BCUT2D eigenvalue weighted by atomic mass is 16.5. The first-order chi connectivity index (χ1) is 11.1. The number of nitrogens with zero attached hydrogens (tertiary/aromatic N) is 4. The minimum Gasteiger partial charge on any atom is -0.371 e. The number of rotatable bonds is 4. The van der Waals surface area contributed by atoms with Crippen LogP contribution in [0.5, 0.6) is 0 Å². The molecule has 2 fully saturated rings. The molecule has 0 spiro atoms. The zero-order valence-electron chi connectivity index (χ0n) is 12.8. The van der Waals surface area contributed by atoms with E-state index in [0.29, 0.717) is 24.7 Å². The number of aliphatic hydroxyl groups excluding tert-OH is 1. The van der Waals surface area contributed by atoms with Crippen LogP contribution in [0, 0.1) is 0 Å². The lowest BCUT2D eigenvalue weighted by molar-refractivity contribution is 0.0865. The molecular weight excluding hydrogens is 298 g/mol. The molecule has 2 aromatic rings. The number of anilines is 1. The number of carbonyl (C=O) groups is 1. The first-order valence-electron chi connectivity index (χ1n) is 7.83. The van der Waals surface area contributed by atoms with Crippen LogP contribution in [0.1, 0.15) is 41.4 Å². The van der Waals surface area contributed by atoms with E-state index in [2.05, 4.69) is 15.6 Å². The van der Waals surface area contributed by atoms with Gasteiger partial charge in [-0.2, -0.15) is 5.10 Å². The number of nitrogens with one attached hydrogen (secondary N) is 1. The van der Waals surface area contributed by atoms with Gasteiger partial charge in [-0.05, 0) is 19.3 Å². The first-order valence-corrected chi connectivity index (χ1v) is 7.83. The predicted octanol–water partition coefficient (Wildman–Crippen LogP) is 0.613. The van der Waals surface area contributed by atoms with Gasteiger partial charge in [0, 0.05) is 37.8 Å². The summed E-state index contributed by atoms with van der Waals surface area (Å²) < 4.78 is 6.88. The summed E-state index contributed by atoms with van der Waals surface area (Å²) in [5, 5.41) is 21.4. The SMILES string of the molecule is Cn1ccc(N2CCC(NC(=O)c3cc(C4CC4)on3)C2O)n1. The van der Waals surface area contributed by atoms with Crippen molar-refractivity contribution in [1.82, 2.24) is 20.3 Å². The fourth-order valence-corrected chi connectivity index (χ4v) is 2.93. The summed E-state index contributed by atoms with van der Waals surface area (Å²) in [5.41, 5.74) is 0.274. The molecule has 1 amide bonds. The van der Waals surface area contributed by atoms with Gasteiger partial charge in [-0.1, -0.05) is 5.16 Å². The molecule has 2 N–H and O–H groups in total. The molecule has 0 aromatic carbocycles. The molecule has 23 heavy (non-hydrogen) atoms. The standard InChI is InChI=1S/C15H19N5O3/c1-19-6-5-13(17-19)20-7-4-10(15(20)22)16-14(21)11-8-12(23-18-11)9-2-3-9/h5-6,8-10,15,22H,2-4,7H2,1H3,(H,16,21). The number of aliphatic hydroxyl groups is 1. The summed E-state index contributed by atoms with van der Waals surface area (Å²) >= 11 is 0. The van der Waals surface area contributed by atoms with E-state index in [4.69, 9.17) is 4.52 Å². The van der Waals surface area contributed by atoms with Gasteiger partial charge >= 0.3 is 0 Å². The number of hydrogen-bond acceptors (Lipinski definition) is 6. The molecule has 0 bridgehead atoms. The van der Waals surface area contributed by atoms with E-state index in [9.17, 15) is 9.90 Å². The average molecular weight is 317 g/mol. The molecule has 1 saturated heterocycles. The van der Waals surface area contributed by atoms with Gasteiger partial charge in [0.05, 0.1) is 6.04 Å². The molecule has 1 saturated carbocycles. The second kappa shape index (κ2) is 5.38. The van der Waals surface area contributed by atoms with Crippen LogP contribution in [0.25, 0.3) is 0 Å². The van der Waals surface area contributed by atoms with Crippen LogP contribution < -0.4 is 10.2 Å². The van der Waals surface area contributed by atoms with Crippen LogP contribution in [-0.2, 0) is 7.05 Å². The molecule has 122 valence electrons. The van der Waals surface area contributed by atoms with Crippen LogP contribution in [0.4, 0.5) is 5.82 Å². The van der Waals surface area contributed by atoms with Crippen LogP contribution in [-0.4, -0.2) is 44.8 Å². The van der Waals surface area contributed by atoms with Crippen molar-refractivity contribution in [3.05, 3.63) is 29.8 Å². The zero-order valence-corrected chi connectivity index (χ0v) is 12.8. The Hall–Kier alpha value is -2.35. The highest BCUT2D eigenvalue weighted by molar-refractivity contribution is 5.92. The monoisotopic (exact) mass is 317 g/mol. The highest BCUT2D eigenvalue weighted by Gasteiger charge is 2.36. The number of amides is 1. The zero-order chi connectivity index (χ0) is 16.0. The van der Waals surface area contributed by atoms with Crippen molar-refractivity contribution in [2.75, 3.05) is 11.4 Å². The van der Waals surface area contributed by atoms with E-state index in [0.717, 1.165) is 18.6 Å². The fourth-order valence-electron chi connectivity index (χ4n) is 2.93. The number of aryl methyl sites for hydroxylation is 1. The number of aromatic nitrogens is 3. The van der Waals surface area contributed by atoms with E-state index in [-0.39, 0.29) is 17.6 Å². The Morgan fingerprint density at radius 1 is 1.43 bits per heavy atom. The smallest absolute Gasteiger partial charge is 0.273 e. The van der Waals surface area contributed by atoms with Gasteiger partial charge in [0.25, 0.3) is 5.91 Å². The van der Waals surface area contributed by atoms with Crippen LogP contribution in [0.15, 0.2) is 22.9 Å². The van der Waals surface area contributed by atoms with E-state index < -0.39 is 6.23 Å². The Labute approximate surface area is 133 Å². The molecule has 1 aliphatic carbocycles. The summed E-state index contributed by atoms with van der Waals surface area (Å²) in [6.45, 7) is 0.634. The van der Waals surface area contributed by atoms with E-state index >= 15 is 0 Å². The maximum absolute atomic E-state index is 12.3. The summed E-state index contributed by atoms with van der Waals surface area (Å²) in [6, 6.07) is 3.18. The Balaban J connectivity index is 1.41. The van der Waals surface area contributed by atoms with Gasteiger partial charge in [0.15, 0.2) is 11.5 Å². The second-order valence-corrected chi connectivity index (χ2v) is 6.21. The van der Waals surface area contributed by atoms with Gasteiger partial charge in [-0.3, -0.25) is 9.48 Å². The highest BCUT2D eigenvalue weighted by Crippen LogP contribution is 2.40. The topological polar surface area (TPSA) is 96.4 Å².